The predicted octanol–water partition coefficient (Wildman–Crippen LogP) is 6.27. The van der Waals surface area contributed by atoms with Crippen LogP contribution in [0.25, 0.3) is 0 Å². The third kappa shape index (κ3) is 3.90. The highest BCUT2D eigenvalue weighted by Crippen LogP contribution is 2.50. The first kappa shape index (κ1) is 18.8. The second kappa shape index (κ2) is 8.16. The van der Waals surface area contributed by atoms with Crippen LogP contribution >= 0.6 is 0 Å². The Labute approximate surface area is 158 Å². The number of ether oxygens (including phenoxy) is 2. The normalized spacial score (nSPS) is 25.9. The SMILES string of the molecule is COc1ccc(C2CC(C(C)C)CC(c3ccc(OC)cc3)C2C)cc1. The maximum absolute atomic E-state index is 5.34. The van der Waals surface area contributed by atoms with Crippen molar-refractivity contribution in [1.29, 1.82) is 0 Å². The minimum Gasteiger partial charge on any atom is -0.497 e. The van der Waals surface area contributed by atoms with E-state index < -0.39 is 0 Å². The Kier molecular flexibility index (Phi) is 5.90. The molecule has 0 aromatic heterocycles. The average molecular weight is 353 g/mol. The molecule has 0 spiro atoms. The molecule has 0 radical (unpaired) electrons. The van der Waals surface area contributed by atoms with E-state index in [9.17, 15) is 0 Å². The summed E-state index contributed by atoms with van der Waals surface area (Å²) in [6, 6.07) is 17.4. The molecule has 140 valence electrons. The van der Waals surface area contributed by atoms with Crippen molar-refractivity contribution in [3.63, 3.8) is 0 Å². The van der Waals surface area contributed by atoms with Gasteiger partial charge in [-0.3, -0.25) is 0 Å². The van der Waals surface area contributed by atoms with Gasteiger partial charge in [-0.2, -0.15) is 0 Å². The second-order valence-corrected chi connectivity index (χ2v) is 8.09. The van der Waals surface area contributed by atoms with E-state index in [1.807, 2.05) is 0 Å². The maximum atomic E-state index is 5.34. The van der Waals surface area contributed by atoms with E-state index in [-0.39, 0.29) is 0 Å². The zero-order valence-electron chi connectivity index (χ0n) is 16.7. The van der Waals surface area contributed by atoms with Gasteiger partial charge in [0.25, 0.3) is 0 Å². The zero-order valence-corrected chi connectivity index (χ0v) is 16.7. The lowest BCUT2D eigenvalue weighted by Gasteiger charge is -2.42. The van der Waals surface area contributed by atoms with Gasteiger partial charge < -0.3 is 9.47 Å². The molecule has 26 heavy (non-hydrogen) atoms. The standard InChI is InChI=1S/C24H32O2/c1-16(2)20-14-23(18-6-10-21(25-4)11-7-18)17(3)24(15-20)19-8-12-22(26-5)13-9-19/h6-13,16-17,20,23-24H,14-15H2,1-5H3. The Morgan fingerprint density at radius 2 is 1.12 bits per heavy atom. The lowest BCUT2D eigenvalue weighted by Crippen LogP contribution is -2.30. The number of hydrogen-bond acceptors (Lipinski definition) is 2. The molecule has 1 saturated carbocycles. The smallest absolute Gasteiger partial charge is 0.118 e. The molecule has 2 nitrogen and oxygen atoms in total. The fourth-order valence-corrected chi connectivity index (χ4v) is 4.58. The van der Waals surface area contributed by atoms with Crippen LogP contribution in [-0.4, -0.2) is 14.2 Å². The summed E-state index contributed by atoms with van der Waals surface area (Å²) in [5.74, 6) is 5.14. The molecule has 0 heterocycles. The molecule has 0 saturated heterocycles. The van der Waals surface area contributed by atoms with Gasteiger partial charge in [-0.1, -0.05) is 45.0 Å². The van der Waals surface area contributed by atoms with Gasteiger partial charge in [-0.15, -0.1) is 0 Å². The Balaban J connectivity index is 1.90. The van der Waals surface area contributed by atoms with Crippen molar-refractivity contribution in [2.45, 2.75) is 45.4 Å². The third-order valence-corrected chi connectivity index (χ3v) is 6.41. The quantitative estimate of drug-likeness (QED) is 0.631. The highest BCUT2D eigenvalue weighted by atomic mass is 16.5. The van der Waals surface area contributed by atoms with Gasteiger partial charge in [0, 0.05) is 0 Å². The maximum Gasteiger partial charge on any atom is 0.118 e. The summed E-state index contributed by atoms with van der Waals surface area (Å²) in [5, 5.41) is 0. The van der Waals surface area contributed by atoms with Gasteiger partial charge in [-0.25, -0.2) is 0 Å². The van der Waals surface area contributed by atoms with Crippen LogP contribution in [0.3, 0.4) is 0 Å². The first-order chi connectivity index (χ1) is 12.5. The van der Waals surface area contributed by atoms with Crippen molar-refractivity contribution < 1.29 is 9.47 Å². The van der Waals surface area contributed by atoms with Crippen LogP contribution in [0, 0.1) is 17.8 Å². The fourth-order valence-electron chi connectivity index (χ4n) is 4.58. The van der Waals surface area contributed by atoms with Gasteiger partial charge in [0.15, 0.2) is 0 Å². The Hall–Kier alpha value is -1.96. The highest BCUT2D eigenvalue weighted by molar-refractivity contribution is 5.34. The number of hydrogen-bond donors (Lipinski definition) is 0. The summed E-state index contributed by atoms with van der Waals surface area (Å²) in [6.45, 7) is 7.17. The lowest BCUT2D eigenvalue weighted by molar-refractivity contribution is 0.175. The minimum atomic E-state index is 0.592. The van der Waals surface area contributed by atoms with Crippen LogP contribution in [0.5, 0.6) is 11.5 Å². The molecule has 2 atom stereocenters. The molecule has 0 N–H and O–H groups in total. The number of benzene rings is 2. The van der Waals surface area contributed by atoms with Gasteiger partial charge in [0.05, 0.1) is 14.2 Å². The molecule has 2 aromatic rings. The van der Waals surface area contributed by atoms with E-state index in [1.165, 1.54) is 24.0 Å². The molecule has 1 aliphatic carbocycles. The second-order valence-electron chi connectivity index (χ2n) is 8.09. The van der Waals surface area contributed by atoms with Crippen LogP contribution in [0.2, 0.25) is 0 Å². The molecule has 0 aliphatic heterocycles. The van der Waals surface area contributed by atoms with Crippen LogP contribution < -0.4 is 9.47 Å². The molecule has 0 amide bonds. The predicted molar refractivity (Wildman–Crippen MR) is 108 cm³/mol. The zero-order chi connectivity index (χ0) is 18.7. The van der Waals surface area contributed by atoms with E-state index in [0.717, 1.165) is 17.4 Å². The largest absolute Gasteiger partial charge is 0.497 e. The van der Waals surface area contributed by atoms with Crippen LogP contribution in [-0.2, 0) is 0 Å². The van der Waals surface area contributed by atoms with E-state index in [4.69, 9.17) is 9.47 Å². The highest BCUT2D eigenvalue weighted by Gasteiger charge is 2.37. The van der Waals surface area contributed by atoms with Crippen LogP contribution in [0.15, 0.2) is 48.5 Å². The monoisotopic (exact) mass is 352 g/mol. The van der Waals surface area contributed by atoms with E-state index in [1.54, 1.807) is 14.2 Å². The minimum absolute atomic E-state index is 0.592. The van der Waals surface area contributed by atoms with E-state index in [2.05, 4.69) is 69.3 Å². The summed E-state index contributed by atoms with van der Waals surface area (Å²) >= 11 is 0. The van der Waals surface area contributed by atoms with Crippen LogP contribution in [0.4, 0.5) is 0 Å². The van der Waals surface area contributed by atoms with Crippen molar-refractivity contribution in [3.8, 4) is 11.5 Å². The van der Waals surface area contributed by atoms with Crippen molar-refractivity contribution in [1.82, 2.24) is 0 Å². The first-order valence-corrected chi connectivity index (χ1v) is 9.81. The summed E-state index contributed by atoms with van der Waals surface area (Å²) in [5.41, 5.74) is 2.89. The van der Waals surface area contributed by atoms with Crippen molar-refractivity contribution in [2.24, 2.45) is 17.8 Å². The van der Waals surface area contributed by atoms with E-state index in [0.29, 0.717) is 23.7 Å². The molecule has 2 unspecified atom stereocenters. The van der Waals surface area contributed by atoms with Gasteiger partial charge in [-0.05, 0) is 77.8 Å². The molecule has 1 aliphatic rings. The Morgan fingerprint density at radius 1 is 0.731 bits per heavy atom. The lowest BCUT2D eigenvalue weighted by atomic mass is 9.62. The number of rotatable bonds is 5. The van der Waals surface area contributed by atoms with E-state index >= 15 is 0 Å². The summed E-state index contributed by atoms with van der Waals surface area (Å²) in [4.78, 5) is 0. The summed E-state index contributed by atoms with van der Waals surface area (Å²) in [6.07, 6.45) is 2.55. The summed E-state index contributed by atoms with van der Waals surface area (Å²) in [7, 11) is 3.46. The van der Waals surface area contributed by atoms with Gasteiger partial charge in [0.1, 0.15) is 11.5 Å². The molecule has 0 bridgehead atoms. The van der Waals surface area contributed by atoms with Gasteiger partial charge in [0.2, 0.25) is 0 Å². The van der Waals surface area contributed by atoms with Gasteiger partial charge >= 0.3 is 0 Å². The molecule has 1 fully saturated rings. The third-order valence-electron chi connectivity index (χ3n) is 6.41. The topological polar surface area (TPSA) is 18.5 Å². The molecule has 3 rings (SSSR count). The molecule has 2 aromatic carbocycles. The average Bonchev–Trinajstić information content (AvgIpc) is 2.68. The molecular weight excluding hydrogens is 320 g/mol. The Morgan fingerprint density at radius 3 is 1.42 bits per heavy atom. The van der Waals surface area contributed by atoms with Crippen LogP contribution in [0.1, 0.15) is 56.6 Å². The molecule has 2 heteroatoms. The Bertz CT molecular complexity index is 630. The fraction of sp³-hybridized carbons (Fsp3) is 0.500. The molecular formula is C24H32O2. The number of methoxy groups -OCH3 is 2. The first-order valence-electron chi connectivity index (χ1n) is 9.81. The van der Waals surface area contributed by atoms with Crippen molar-refractivity contribution >= 4 is 0 Å². The van der Waals surface area contributed by atoms with Crippen molar-refractivity contribution in [2.75, 3.05) is 14.2 Å². The van der Waals surface area contributed by atoms with Crippen molar-refractivity contribution in [3.05, 3.63) is 59.7 Å². The summed E-state index contributed by atoms with van der Waals surface area (Å²) < 4.78 is 10.7.